The molecule has 0 saturated heterocycles. The number of hydrogen-bond donors (Lipinski definition) is 1. The third kappa shape index (κ3) is 2.93. The number of carbonyl (C=O) groups excluding carboxylic acids is 1. The lowest BCUT2D eigenvalue weighted by Gasteiger charge is -2.18. The molecule has 1 atom stereocenters. The van der Waals surface area contributed by atoms with Crippen LogP contribution in [0.5, 0.6) is 0 Å². The number of hydrogen-bond acceptors (Lipinski definition) is 7. The molecule has 0 saturated carbocycles. The minimum Gasteiger partial charge on any atom is -0.334 e. The number of carbonyl (C=O) groups is 1. The highest BCUT2D eigenvalue weighted by atomic mass is 32.2. The summed E-state index contributed by atoms with van der Waals surface area (Å²) in [5.41, 5.74) is 0.637. The van der Waals surface area contributed by atoms with Gasteiger partial charge in [-0.1, -0.05) is 5.16 Å². The van der Waals surface area contributed by atoms with Crippen LogP contribution in [0, 0.1) is 0 Å². The van der Waals surface area contributed by atoms with Crippen molar-refractivity contribution in [1.29, 1.82) is 0 Å². The van der Waals surface area contributed by atoms with E-state index in [1.807, 2.05) is 14.0 Å². The maximum absolute atomic E-state index is 12.6. The lowest BCUT2D eigenvalue weighted by molar-refractivity contribution is 0.0846. The maximum atomic E-state index is 12.6. The van der Waals surface area contributed by atoms with Crippen molar-refractivity contribution in [2.45, 2.75) is 44.2 Å². The van der Waals surface area contributed by atoms with Crippen LogP contribution in [-0.2, 0) is 16.4 Å². The number of nitrogens with zero attached hydrogens (tertiary/aromatic N) is 3. The fourth-order valence-corrected chi connectivity index (χ4v) is 4.51. The van der Waals surface area contributed by atoms with Gasteiger partial charge in [0.2, 0.25) is 0 Å². The van der Waals surface area contributed by atoms with E-state index >= 15 is 0 Å². The Bertz CT molecular complexity index is 920. The maximum Gasteiger partial charge on any atom is 0.269 e. The smallest absolute Gasteiger partial charge is 0.269 e. The summed E-state index contributed by atoms with van der Waals surface area (Å²) in [6, 6.07) is 4.26. The monoisotopic (exact) mass is 364 g/mol. The van der Waals surface area contributed by atoms with Gasteiger partial charge >= 0.3 is 0 Å². The Morgan fingerprint density at radius 2 is 2.00 bits per heavy atom. The Morgan fingerprint density at radius 1 is 1.28 bits per heavy atom. The average Bonchev–Trinajstić information content (AvgIpc) is 3.08. The van der Waals surface area contributed by atoms with Gasteiger partial charge in [-0.25, -0.2) is 12.7 Å². The van der Waals surface area contributed by atoms with Crippen molar-refractivity contribution < 1.29 is 17.7 Å². The van der Waals surface area contributed by atoms with Crippen LogP contribution >= 0.6 is 0 Å². The van der Waals surface area contributed by atoms with Crippen LogP contribution in [0.15, 0.2) is 27.6 Å². The van der Waals surface area contributed by atoms with Crippen molar-refractivity contribution in [2.75, 3.05) is 7.05 Å². The number of aromatic nitrogens is 2. The quantitative estimate of drug-likeness (QED) is 0.856. The second kappa shape index (κ2) is 6.23. The summed E-state index contributed by atoms with van der Waals surface area (Å²) in [7, 11) is -2.02. The normalized spacial score (nSPS) is 17.2. The zero-order chi connectivity index (χ0) is 18.4. The van der Waals surface area contributed by atoms with E-state index in [1.54, 1.807) is 19.9 Å². The SMILES string of the molecule is CNC(C)Cc1noc(-c2ccc3c(c2)S(=O)(=O)N(C(C)C)C3=O)n1. The molecule has 134 valence electrons. The van der Waals surface area contributed by atoms with Crippen LogP contribution in [0.4, 0.5) is 0 Å². The topological polar surface area (TPSA) is 105 Å². The summed E-state index contributed by atoms with van der Waals surface area (Å²) in [6.07, 6.45) is 0.586. The summed E-state index contributed by atoms with van der Waals surface area (Å²) < 4.78 is 31.4. The van der Waals surface area contributed by atoms with Gasteiger partial charge in [-0.3, -0.25) is 4.79 Å². The third-order valence-corrected chi connectivity index (χ3v) is 6.11. The number of amides is 1. The minimum absolute atomic E-state index is 0.0213. The molecule has 1 aromatic carbocycles. The highest BCUT2D eigenvalue weighted by molar-refractivity contribution is 7.90. The predicted molar refractivity (Wildman–Crippen MR) is 90.5 cm³/mol. The van der Waals surface area contributed by atoms with E-state index in [4.69, 9.17) is 4.52 Å². The van der Waals surface area contributed by atoms with Gasteiger partial charge in [0.05, 0.1) is 5.56 Å². The lowest BCUT2D eigenvalue weighted by Crippen LogP contribution is -2.36. The Kier molecular flexibility index (Phi) is 4.38. The Hall–Kier alpha value is -2.26. The number of nitrogens with one attached hydrogen (secondary N) is 1. The number of fused-ring (bicyclic) bond motifs is 1. The largest absolute Gasteiger partial charge is 0.334 e. The molecule has 1 N–H and O–H groups in total. The molecular weight excluding hydrogens is 344 g/mol. The van der Waals surface area contributed by atoms with Gasteiger partial charge in [0.1, 0.15) is 4.90 Å². The predicted octanol–water partition coefficient (Wildman–Crippen LogP) is 1.44. The molecule has 0 radical (unpaired) electrons. The van der Waals surface area contributed by atoms with Crippen LogP contribution in [0.25, 0.3) is 11.5 Å². The molecule has 1 unspecified atom stereocenters. The van der Waals surface area contributed by atoms with Gasteiger partial charge in [-0.05, 0) is 46.0 Å². The van der Waals surface area contributed by atoms with Crippen molar-refractivity contribution in [3.8, 4) is 11.5 Å². The van der Waals surface area contributed by atoms with Gasteiger partial charge in [0.15, 0.2) is 5.82 Å². The van der Waals surface area contributed by atoms with Crippen LogP contribution in [0.1, 0.15) is 37.0 Å². The average molecular weight is 364 g/mol. The zero-order valence-electron chi connectivity index (χ0n) is 14.5. The number of likely N-dealkylation sites (N-methyl/N-ethyl adjacent to an activating group) is 1. The van der Waals surface area contributed by atoms with Crippen LogP contribution < -0.4 is 5.32 Å². The molecule has 2 heterocycles. The number of sulfonamides is 1. The van der Waals surface area contributed by atoms with Gasteiger partial charge in [-0.15, -0.1) is 0 Å². The zero-order valence-corrected chi connectivity index (χ0v) is 15.3. The minimum atomic E-state index is -3.86. The summed E-state index contributed by atoms with van der Waals surface area (Å²) in [5, 5.41) is 7.00. The molecule has 1 aliphatic heterocycles. The molecule has 25 heavy (non-hydrogen) atoms. The molecule has 0 spiro atoms. The second-order valence-electron chi connectivity index (χ2n) is 6.32. The van der Waals surface area contributed by atoms with Crippen LogP contribution in [0.2, 0.25) is 0 Å². The number of rotatable bonds is 5. The lowest BCUT2D eigenvalue weighted by atomic mass is 10.1. The van der Waals surface area contributed by atoms with Gasteiger partial charge < -0.3 is 9.84 Å². The molecule has 1 amide bonds. The van der Waals surface area contributed by atoms with E-state index in [9.17, 15) is 13.2 Å². The summed E-state index contributed by atoms with van der Waals surface area (Å²) >= 11 is 0. The molecule has 0 bridgehead atoms. The summed E-state index contributed by atoms with van der Waals surface area (Å²) in [6.45, 7) is 5.31. The van der Waals surface area contributed by atoms with Gasteiger partial charge in [-0.2, -0.15) is 4.98 Å². The van der Waals surface area contributed by atoms with E-state index in [0.717, 1.165) is 4.31 Å². The summed E-state index contributed by atoms with van der Waals surface area (Å²) in [5.74, 6) is 0.248. The van der Waals surface area contributed by atoms with Crippen molar-refractivity contribution in [3.63, 3.8) is 0 Å². The fourth-order valence-electron chi connectivity index (χ4n) is 2.72. The second-order valence-corrected chi connectivity index (χ2v) is 8.10. The third-order valence-electron chi connectivity index (χ3n) is 4.11. The van der Waals surface area contributed by atoms with E-state index in [2.05, 4.69) is 15.5 Å². The van der Waals surface area contributed by atoms with Gasteiger partial charge in [0.25, 0.3) is 21.8 Å². The standard InChI is InChI=1S/C16H20N4O4S/c1-9(2)20-16(21)12-6-5-11(8-13(12)25(20,22)23)15-18-14(19-24-15)7-10(3)17-4/h5-6,8-10,17H,7H2,1-4H3. The Labute approximate surface area is 146 Å². The molecule has 0 aliphatic carbocycles. The first-order valence-corrected chi connectivity index (χ1v) is 9.42. The Balaban J connectivity index is 1.99. The molecule has 3 rings (SSSR count). The van der Waals surface area contributed by atoms with Crippen molar-refractivity contribution in [1.82, 2.24) is 19.8 Å². The molecule has 1 aliphatic rings. The first-order valence-electron chi connectivity index (χ1n) is 7.98. The summed E-state index contributed by atoms with van der Waals surface area (Å²) in [4.78, 5) is 16.6. The van der Waals surface area contributed by atoms with E-state index in [0.29, 0.717) is 17.8 Å². The molecule has 8 nitrogen and oxygen atoms in total. The van der Waals surface area contributed by atoms with E-state index in [-0.39, 0.29) is 22.4 Å². The first-order chi connectivity index (χ1) is 11.8. The Morgan fingerprint density at radius 3 is 2.64 bits per heavy atom. The van der Waals surface area contributed by atoms with Crippen molar-refractivity contribution in [2.24, 2.45) is 0 Å². The van der Waals surface area contributed by atoms with Crippen LogP contribution in [0.3, 0.4) is 0 Å². The molecule has 9 heteroatoms. The van der Waals surface area contributed by atoms with Crippen molar-refractivity contribution in [3.05, 3.63) is 29.6 Å². The van der Waals surface area contributed by atoms with E-state index < -0.39 is 22.0 Å². The molecular formula is C16H20N4O4S. The fraction of sp³-hybridized carbons (Fsp3) is 0.438. The highest BCUT2D eigenvalue weighted by Gasteiger charge is 2.42. The van der Waals surface area contributed by atoms with E-state index in [1.165, 1.54) is 12.1 Å². The first kappa shape index (κ1) is 17.6. The van der Waals surface area contributed by atoms with Crippen molar-refractivity contribution >= 4 is 15.9 Å². The molecule has 0 fully saturated rings. The molecule has 1 aromatic heterocycles. The van der Waals surface area contributed by atoms with Crippen LogP contribution in [-0.4, -0.2) is 47.9 Å². The highest BCUT2D eigenvalue weighted by Crippen LogP contribution is 2.34. The molecule has 2 aromatic rings. The number of benzene rings is 1. The van der Waals surface area contributed by atoms with Gasteiger partial charge in [0, 0.05) is 24.1 Å².